The molecule has 3 heterocycles. The van der Waals surface area contributed by atoms with Crippen molar-refractivity contribution in [2.45, 2.75) is 0 Å². The monoisotopic (exact) mass is 491 g/mol. The second-order valence-electron chi connectivity index (χ2n) is 7.76. The van der Waals surface area contributed by atoms with Crippen LogP contribution in [0.2, 0.25) is 0 Å². The lowest BCUT2D eigenvalue weighted by atomic mass is 10.2. The molecule has 0 unspecified atom stereocenters. The van der Waals surface area contributed by atoms with Crippen LogP contribution in [0.4, 0.5) is 0 Å². The highest BCUT2D eigenvalue weighted by Gasteiger charge is 2.02. The van der Waals surface area contributed by atoms with Gasteiger partial charge in [-0.3, -0.25) is 14.6 Å². The maximum atomic E-state index is 10.4. The largest absolute Gasteiger partial charge is 0.506 e. The number of para-hydroxylation sites is 3. The second-order valence-corrected chi connectivity index (χ2v) is 7.76. The lowest BCUT2D eigenvalue weighted by molar-refractivity contribution is 0.111. The van der Waals surface area contributed by atoms with Crippen LogP contribution in [0.15, 0.2) is 97.2 Å². The van der Waals surface area contributed by atoms with Crippen molar-refractivity contribution in [3.8, 4) is 17.2 Å². The summed E-state index contributed by atoms with van der Waals surface area (Å²) in [6, 6.07) is 26.1. The number of pyridine rings is 3. The number of phenolic OH excluding ortho intramolecular Hbond substituents is 3. The SMILES string of the molecule is O=Cc1ccc2cccc(O)c2n1.O=Cc1ccc2cccc(O)c2n1.Oc1cccc2cccnc12. The standard InChI is InChI=1S/2C10H7NO2.C9H7NO/c2*12-6-8-5-4-7-2-1-3-9(13)10(7)11-8;11-8-5-1-3-7-4-2-6-10-9(7)8/h2*1-6,13H;1-6,11H. The number of phenols is 3. The fraction of sp³-hybridized carbons (Fsp3) is 0. The molecule has 6 aromatic rings. The van der Waals surface area contributed by atoms with E-state index >= 15 is 0 Å². The Labute approximate surface area is 211 Å². The number of nitrogens with zero attached hydrogens (tertiary/aromatic N) is 3. The summed E-state index contributed by atoms with van der Waals surface area (Å²) < 4.78 is 0. The smallest absolute Gasteiger partial charge is 0.168 e. The molecule has 0 bridgehead atoms. The van der Waals surface area contributed by atoms with Crippen molar-refractivity contribution in [1.82, 2.24) is 15.0 Å². The zero-order valence-electron chi connectivity index (χ0n) is 19.4. The Kier molecular flexibility index (Phi) is 7.60. The minimum absolute atomic E-state index is 0.0983. The normalized spacial score (nSPS) is 10.2. The lowest BCUT2D eigenvalue weighted by Gasteiger charge is -1.99. The van der Waals surface area contributed by atoms with Crippen LogP contribution in [0.25, 0.3) is 32.7 Å². The summed E-state index contributed by atoms with van der Waals surface area (Å²) in [4.78, 5) is 32.8. The average Bonchev–Trinajstić information content (AvgIpc) is 2.94. The molecule has 3 aromatic carbocycles. The molecule has 182 valence electrons. The summed E-state index contributed by atoms with van der Waals surface area (Å²) in [6.45, 7) is 0. The molecular formula is C29H21N3O5. The van der Waals surface area contributed by atoms with E-state index in [-0.39, 0.29) is 17.2 Å². The number of benzene rings is 3. The molecule has 0 spiro atoms. The van der Waals surface area contributed by atoms with Gasteiger partial charge in [0.2, 0.25) is 0 Å². The highest BCUT2D eigenvalue weighted by Crippen LogP contribution is 2.23. The van der Waals surface area contributed by atoms with E-state index in [1.165, 1.54) is 0 Å². The summed E-state index contributed by atoms with van der Waals surface area (Å²) in [5.41, 5.74) is 2.25. The van der Waals surface area contributed by atoms with Crippen molar-refractivity contribution in [3.05, 3.63) is 109 Å². The van der Waals surface area contributed by atoms with E-state index in [9.17, 15) is 24.9 Å². The third kappa shape index (κ3) is 5.83. The molecule has 0 fully saturated rings. The predicted molar refractivity (Wildman–Crippen MR) is 141 cm³/mol. The molecule has 3 aromatic heterocycles. The van der Waals surface area contributed by atoms with E-state index < -0.39 is 0 Å². The van der Waals surface area contributed by atoms with Crippen molar-refractivity contribution in [3.63, 3.8) is 0 Å². The van der Waals surface area contributed by atoms with Gasteiger partial charge in [-0.2, -0.15) is 0 Å². The number of aldehydes is 2. The van der Waals surface area contributed by atoms with Crippen LogP contribution < -0.4 is 0 Å². The molecule has 0 aliphatic carbocycles. The highest BCUT2D eigenvalue weighted by atomic mass is 16.3. The lowest BCUT2D eigenvalue weighted by Crippen LogP contribution is -1.87. The van der Waals surface area contributed by atoms with Crippen LogP contribution in [-0.2, 0) is 0 Å². The molecule has 37 heavy (non-hydrogen) atoms. The number of aromatic hydroxyl groups is 3. The van der Waals surface area contributed by atoms with Gasteiger partial charge >= 0.3 is 0 Å². The Morgan fingerprint density at radius 2 is 0.892 bits per heavy atom. The molecule has 6 rings (SSSR count). The molecule has 0 radical (unpaired) electrons. The summed E-state index contributed by atoms with van der Waals surface area (Å²) in [7, 11) is 0. The number of aromatic nitrogens is 3. The molecule has 0 saturated heterocycles. The summed E-state index contributed by atoms with van der Waals surface area (Å²) in [6.07, 6.45) is 2.99. The molecule has 8 nitrogen and oxygen atoms in total. The zero-order chi connectivity index (χ0) is 26.2. The van der Waals surface area contributed by atoms with Gasteiger partial charge in [0, 0.05) is 22.4 Å². The first-order valence-electron chi connectivity index (χ1n) is 11.1. The molecule has 0 aliphatic heterocycles. The van der Waals surface area contributed by atoms with E-state index in [1.807, 2.05) is 30.3 Å². The molecule has 0 atom stereocenters. The first-order valence-corrected chi connectivity index (χ1v) is 11.1. The molecular weight excluding hydrogens is 470 g/mol. The summed E-state index contributed by atoms with van der Waals surface area (Å²) >= 11 is 0. The van der Waals surface area contributed by atoms with Crippen LogP contribution in [0, 0.1) is 0 Å². The predicted octanol–water partition coefficient (Wildman–Crippen LogP) is 5.45. The number of hydrogen-bond donors (Lipinski definition) is 3. The topological polar surface area (TPSA) is 134 Å². The molecule has 0 aliphatic rings. The minimum atomic E-state index is 0.0983. The van der Waals surface area contributed by atoms with Gasteiger partial charge in [0.15, 0.2) is 12.6 Å². The van der Waals surface area contributed by atoms with Gasteiger partial charge in [-0.05, 0) is 36.4 Å². The van der Waals surface area contributed by atoms with E-state index in [0.717, 1.165) is 16.2 Å². The van der Waals surface area contributed by atoms with Gasteiger partial charge in [0.25, 0.3) is 0 Å². The Balaban J connectivity index is 0.000000130. The number of rotatable bonds is 2. The van der Waals surface area contributed by atoms with Crippen molar-refractivity contribution >= 4 is 45.3 Å². The molecule has 3 N–H and O–H groups in total. The van der Waals surface area contributed by atoms with Gasteiger partial charge < -0.3 is 15.3 Å². The summed E-state index contributed by atoms with van der Waals surface area (Å²) in [5, 5.41) is 30.7. The third-order valence-electron chi connectivity index (χ3n) is 5.29. The van der Waals surface area contributed by atoms with Crippen LogP contribution >= 0.6 is 0 Å². The van der Waals surface area contributed by atoms with Crippen LogP contribution in [0.3, 0.4) is 0 Å². The Bertz CT molecular complexity index is 1630. The molecule has 0 amide bonds. The fourth-order valence-corrected chi connectivity index (χ4v) is 3.51. The van der Waals surface area contributed by atoms with E-state index in [1.54, 1.807) is 66.9 Å². The Hall–Kier alpha value is -5.37. The maximum Gasteiger partial charge on any atom is 0.168 e. The van der Waals surface area contributed by atoms with E-state index in [2.05, 4.69) is 15.0 Å². The number of carbonyl (C=O) groups is 2. The fourth-order valence-electron chi connectivity index (χ4n) is 3.51. The number of carbonyl (C=O) groups excluding carboxylic acids is 2. The number of fused-ring (bicyclic) bond motifs is 3. The highest BCUT2D eigenvalue weighted by molar-refractivity contribution is 5.88. The zero-order valence-corrected chi connectivity index (χ0v) is 19.4. The van der Waals surface area contributed by atoms with E-state index in [0.29, 0.717) is 40.5 Å². The van der Waals surface area contributed by atoms with Crippen molar-refractivity contribution in [2.24, 2.45) is 0 Å². The summed E-state index contributed by atoms with van der Waals surface area (Å²) in [5.74, 6) is 0.436. The maximum absolute atomic E-state index is 10.4. The van der Waals surface area contributed by atoms with Crippen molar-refractivity contribution in [2.75, 3.05) is 0 Å². The molecule has 8 heteroatoms. The van der Waals surface area contributed by atoms with Crippen LogP contribution in [-0.4, -0.2) is 42.8 Å². The van der Waals surface area contributed by atoms with Gasteiger partial charge in [0.1, 0.15) is 45.2 Å². The van der Waals surface area contributed by atoms with Crippen molar-refractivity contribution < 1.29 is 24.9 Å². The quantitative estimate of drug-likeness (QED) is 0.272. The number of hydrogen-bond acceptors (Lipinski definition) is 8. The van der Waals surface area contributed by atoms with Crippen molar-refractivity contribution in [1.29, 1.82) is 0 Å². The van der Waals surface area contributed by atoms with Gasteiger partial charge in [-0.25, -0.2) is 9.97 Å². The first-order chi connectivity index (χ1) is 18.0. The molecule has 0 saturated carbocycles. The first kappa shape index (κ1) is 24.7. The van der Waals surface area contributed by atoms with Gasteiger partial charge in [-0.15, -0.1) is 0 Å². The van der Waals surface area contributed by atoms with Crippen LogP contribution in [0.1, 0.15) is 21.0 Å². The Morgan fingerprint density at radius 1 is 0.486 bits per heavy atom. The van der Waals surface area contributed by atoms with Crippen LogP contribution in [0.5, 0.6) is 17.2 Å². The third-order valence-corrected chi connectivity index (χ3v) is 5.29. The van der Waals surface area contributed by atoms with Gasteiger partial charge in [0.05, 0.1) is 0 Å². The average molecular weight is 492 g/mol. The second kappa shape index (κ2) is 11.4. The Morgan fingerprint density at radius 3 is 1.32 bits per heavy atom. The van der Waals surface area contributed by atoms with E-state index in [4.69, 9.17) is 0 Å². The van der Waals surface area contributed by atoms with Gasteiger partial charge in [-0.1, -0.05) is 54.6 Å². The minimum Gasteiger partial charge on any atom is -0.506 e.